The number of rotatable bonds is 4. The summed E-state index contributed by atoms with van der Waals surface area (Å²) in [4.78, 5) is 18.7. The second-order valence-electron chi connectivity index (χ2n) is 5.64. The number of aromatic nitrogens is 1. The van der Waals surface area contributed by atoms with Crippen LogP contribution >= 0.6 is 0 Å². The van der Waals surface area contributed by atoms with Gasteiger partial charge in [-0.1, -0.05) is 36.4 Å². The van der Waals surface area contributed by atoms with Gasteiger partial charge >= 0.3 is 0 Å². The Morgan fingerprint density at radius 2 is 1.91 bits per heavy atom. The summed E-state index contributed by atoms with van der Waals surface area (Å²) in [5.41, 5.74) is 1.53. The van der Waals surface area contributed by atoms with Crippen LogP contribution in [0.5, 0.6) is 0 Å². The van der Waals surface area contributed by atoms with Crippen molar-refractivity contribution in [3.63, 3.8) is 0 Å². The van der Waals surface area contributed by atoms with E-state index in [0.717, 1.165) is 28.2 Å². The zero-order chi connectivity index (χ0) is 15.5. The summed E-state index contributed by atoms with van der Waals surface area (Å²) in [5.74, 6) is -0.0793. The molecule has 112 valence electrons. The van der Waals surface area contributed by atoms with Crippen LogP contribution in [0.15, 0.2) is 48.7 Å². The van der Waals surface area contributed by atoms with E-state index in [0.29, 0.717) is 12.1 Å². The number of fused-ring (bicyclic) bond motifs is 3. The maximum Gasteiger partial charge on any atom is 0.252 e. The second kappa shape index (κ2) is 6.12. The summed E-state index contributed by atoms with van der Waals surface area (Å²) in [5, 5.41) is 6.17. The molecule has 3 rings (SSSR count). The number of benzene rings is 2. The number of amides is 1. The molecule has 22 heavy (non-hydrogen) atoms. The van der Waals surface area contributed by atoms with E-state index in [9.17, 15) is 4.79 Å². The van der Waals surface area contributed by atoms with Crippen LogP contribution in [0.1, 0.15) is 10.4 Å². The molecule has 1 amide bonds. The van der Waals surface area contributed by atoms with Crippen LogP contribution in [-0.2, 0) is 0 Å². The Kier molecular flexibility index (Phi) is 4.02. The predicted molar refractivity (Wildman–Crippen MR) is 90.1 cm³/mol. The van der Waals surface area contributed by atoms with E-state index in [4.69, 9.17) is 0 Å². The van der Waals surface area contributed by atoms with Crippen LogP contribution in [0.3, 0.4) is 0 Å². The highest BCUT2D eigenvalue weighted by molar-refractivity contribution is 6.07. The molecule has 3 aromatic rings. The number of hydrogen-bond acceptors (Lipinski definition) is 3. The Bertz CT molecular complexity index is 827. The van der Waals surface area contributed by atoms with E-state index >= 15 is 0 Å². The van der Waals surface area contributed by atoms with Gasteiger partial charge in [0.15, 0.2) is 0 Å². The average Bonchev–Trinajstić information content (AvgIpc) is 2.53. The third kappa shape index (κ3) is 2.92. The maximum atomic E-state index is 12.2. The first-order chi connectivity index (χ1) is 10.6. The highest BCUT2D eigenvalue weighted by Gasteiger charge is 2.08. The average molecular weight is 293 g/mol. The highest BCUT2D eigenvalue weighted by atomic mass is 16.1. The molecule has 0 saturated carbocycles. The lowest BCUT2D eigenvalue weighted by molar-refractivity contribution is 0.0951. The smallest absolute Gasteiger partial charge is 0.252 e. The maximum absolute atomic E-state index is 12.2. The molecule has 0 bridgehead atoms. The van der Waals surface area contributed by atoms with E-state index < -0.39 is 0 Å². The van der Waals surface area contributed by atoms with Crippen LogP contribution in [0.25, 0.3) is 21.7 Å². The lowest BCUT2D eigenvalue weighted by Crippen LogP contribution is -2.31. The number of pyridine rings is 1. The molecule has 0 aliphatic rings. The molecule has 0 aliphatic carbocycles. The third-order valence-corrected chi connectivity index (χ3v) is 3.68. The van der Waals surface area contributed by atoms with Crippen molar-refractivity contribution in [2.75, 3.05) is 27.2 Å². The summed E-state index contributed by atoms with van der Waals surface area (Å²) in [6, 6.07) is 14.1. The Labute approximate surface area is 129 Å². The molecule has 0 spiro atoms. The van der Waals surface area contributed by atoms with Crippen LogP contribution in [0.2, 0.25) is 0 Å². The zero-order valence-electron chi connectivity index (χ0n) is 12.8. The van der Waals surface area contributed by atoms with Crippen molar-refractivity contribution >= 4 is 27.6 Å². The standard InChI is InChI=1S/C18H19N3O/c1-21(2)10-9-19-18(22)15-11-14-8-7-13-5-3-4-6-16(13)17(14)20-12-15/h3-8,11-12H,9-10H2,1-2H3,(H,19,22). The summed E-state index contributed by atoms with van der Waals surface area (Å²) < 4.78 is 0. The van der Waals surface area contributed by atoms with Crippen LogP contribution < -0.4 is 5.32 Å². The Balaban J connectivity index is 1.90. The SMILES string of the molecule is CN(C)CCNC(=O)c1cnc2c(ccc3ccccc32)c1. The Morgan fingerprint density at radius 1 is 1.14 bits per heavy atom. The Hall–Kier alpha value is -2.46. The number of carbonyl (C=O) groups is 1. The molecule has 4 heteroatoms. The minimum Gasteiger partial charge on any atom is -0.351 e. The first-order valence-electron chi connectivity index (χ1n) is 7.35. The summed E-state index contributed by atoms with van der Waals surface area (Å²) >= 11 is 0. The van der Waals surface area contributed by atoms with Crippen LogP contribution in [0.4, 0.5) is 0 Å². The molecule has 0 aliphatic heterocycles. The van der Waals surface area contributed by atoms with Gasteiger partial charge in [0.2, 0.25) is 0 Å². The molecular weight excluding hydrogens is 274 g/mol. The van der Waals surface area contributed by atoms with Gasteiger partial charge in [0, 0.05) is 30.1 Å². The molecule has 1 N–H and O–H groups in total. The number of nitrogens with one attached hydrogen (secondary N) is 1. The molecule has 0 fully saturated rings. The molecule has 0 atom stereocenters. The molecule has 0 saturated heterocycles. The molecular formula is C18H19N3O. The normalized spacial score (nSPS) is 11.2. The molecule has 1 aromatic heterocycles. The molecule has 0 unspecified atom stereocenters. The van der Waals surface area contributed by atoms with Crippen LogP contribution in [0, 0.1) is 0 Å². The Morgan fingerprint density at radius 3 is 2.73 bits per heavy atom. The van der Waals surface area contributed by atoms with Gasteiger partial charge in [-0.3, -0.25) is 9.78 Å². The van der Waals surface area contributed by atoms with E-state index in [1.165, 1.54) is 0 Å². The van der Waals surface area contributed by atoms with Gasteiger partial charge in [0.25, 0.3) is 5.91 Å². The minimum absolute atomic E-state index is 0.0793. The molecule has 4 nitrogen and oxygen atoms in total. The first-order valence-corrected chi connectivity index (χ1v) is 7.35. The summed E-state index contributed by atoms with van der Waals surface area (Å²) in [7, 11) is 3.96. The molecule has 0 radical (unpaired) electrons. The van der Waals surface area contributed by atoms with E-state index in [2.05, 4.69) is 28.5 Å². The van der Waals surface area contributed by atoms with Crippen molar-refractivity contribution in [2.45, 2.75) is 0 Å². The fourth-order valence-electron chi connectivity index (χ4n) is 2.49. The van der Waals surface area contributed by atoms with Gasteiger partial charge in [-0.25, -0.2) is 0 Å². The van der Waals surface area contributed by atoms with Gasteiger partial charge in [-0.2, -0.15) is 0 Å². The van der Waals surface area contributed by atoms with Crippen LogP contribution in [-0.4, -0.2) is 43.0 Å². The van der Waals surface area contributed by atoms with Crippen molar-refractivity contribution in [2.24, 2.45) is 0 Å². The zero-order valence-corrected chi connectivity index (χ0v) is 12.8. The van der Waals surface area contributed by atoms with Gasteiger partial charge in [-0.05, 0) is 25.5 Å². The largest absolute Gasteiger partial charge is 0.351 e. The van der Waals surface area contributed by atoms with E-state index in [1.54, 1.807) is 6.20 Å². The van der Waals surface area contributed by atoms with Gasteiger partial charge in [-0.15, -0.1) is 0 Å². The van der Waals surface area contributed by atoms with Crippen molar-refractivity contribution in [3.8, 4) is 0 Å². The highest BCUT2D eigenvalue weighted by Crippen LogP contribution is 2.23. The quantitative estimate of drug-likeness (QED) is 0.752. The summed E-state index contributed by atoms with van der Waals surface area (Å²) in [6.07, 6.45) is 1.65. The van der Waals surface area contributed by atoms with E-state index in [1.807, 2.05) is 43.3 Å². The van der Waals surface area contributed by atoms with Crippen molar-refractivity contribution in [3.05, 3.63) is 54.2 Å². The lowest BCUT2D eigenvalue weighted by Gasteiger charge is -2.10. The van der Waals surface area contributed by atoms with Crippen molar-refractivity contribution in [1.82, 2.24) is 15.2 Å². The number of nitrogens with zero attached hydrogens (tertiary/aromatic N) is 2. The molecule has 2 aromatic carbocycles. The number of carbonyl (C=O) groups excluding carboxylic acids is 1. The lowest BCUT2D eigenvalue weighted by atomic mass is 10.0. The first kappa shape index (κ1) is 14.5. The monoisotopic (exact) mass is 293 g/mol. The van der Waals surface area contributed by atoms with Gasteiger partial charge < -0.3 is 10.2 Å². The van der Waals surface area contributed by atoms with Crippen molar-refractivity contribution < 1.29 is 4.79 Å². The van der Waals surface area contributed by atoms with Gasteiger partial charge in [0.05, 0.1) is 11.1 Å². The third-order valence-electron chi connectivity index (χ3n) is 3.68. The predicted octanol–water partition coefficient (Wildman–Crippen LogP) is 2.68. The number of hydrogen-bond donors (Lipinski definition) is 1. The molecule has 1 heterocycles. The fourth-order valence-corrected chi connectivity index (χ4v) is 2.49. The van der Waals surface area contributed by atoms with Gasteiger partial charge in [0.1, 0.15) is 0 Å². The second-order valence-corrected chi connectivity index (χ2v) is 5.64. The minimum atomic E-state index is -0.0793. The topological polar surface area (TPSA) is 45.2 Å². The fraction of sp³-hybridized carbons (Fsp3) is 0.222. The van der Waals surface area contributed by atoms with E-state index in [-0.39, 0.29) is 5.91 Å². The van der Waals surface area contributed by atoms with Crippen molar-refractivity contribution in [1.29, 1.82) is 0 Å². The summed E-state index contributed by atoms with van der Waals surface area (Å²) in [6.45, 7) is 1.44. The number of likely N-dealkylation sites (N-methyl/N-ethyl adjacent to an activating group) is 1.